The van der Waals surface area contributed by atoms with E-state index in [9.17, 15) is 14.9 Å². The third-order valence-corrected chi connectivity index (χ3v) is 5.42. The number of nitro benzene ring substituents is 1. The van der Waals surface area contributed by atoms with Crippen molar-refractivity contribution in [1.29, 1.82) is 0 Å². The van der Waals surface area contributed by atoms with Crippen LogP contribution >= 0.6 is 11.3 Å². The normalized spacial score (nSPS) is 14.9. The van der Waals surface area contributed by atoms with E-state index in [0.29, 0.717) is 17.7 Å². The number of ether oxygens (including phenoxy) is 1. The van der Waals surface area contributed by atoms with E-state index in [1.807, 2.05) is 5.38 Å². The molecule has 144 valence electrons. The Hall–Kier alpha value is -2.36. The molecule has 9 heteroatoms. The van der Waals surface area contributed by atoms with Gasteiger partial charge in [0.25, 0.3) is 11.6 Å². The number of morpholine rings is 1. The average Bonchev–Trinajstić information content (AvgIpc) is 3.08. The van der Waals surface area contributed by atoms with Crippen molar-refractivity contribution in [3.05, 3.63) is 55.5 Å². The predicted octanol–water partition coefficient (Wildman–Crippen LogP) is 2.46. The molecule has 0 unspecified atom stereocenters. The van der Waals surface area contributed by atoms with Gasteiger partial charge in [-0.2, -0.15) is 0 Å². The molecule has 1 fully saturated rings. The van der Waals surface area contributed by atoms with Crippen molar-refractivity contribution in [2.75, 3.05) is 33.4 Å². The molecule has 0 atom stereocenters. The van der Waals surface area contributed by atoms with E-state index >= 15 is 0 Å². The quantitative estimate of drug-likeness (QED) is 0.556. The zero-order chi connectivity index (χ0) is 19.4. The molecule has 2 aromatic rings. The zero-order valence-corrected chi connectivity index (χ0v) is 16.2. The van der Waals surface area contributed by atoms with Crippen LogP contribution in [0.2, 0.25) is 0 Å². The topological polar surface area (TPSA) is 88.8 Å². The van der Waals surface area contributed by atoms with E-state index in [1.165, 1.54) is 12.1 Å². The highest BCUT2D eigenvalue weighted by Crippen LogP contribution is 2.23. The zero-order valence-electron chi connectivity index (χ0n) is 15.4. The molecule has 1 aliphatic heterocycles. The lowest BCUT2D eigenvalue weighted by Gasteiger charge is -2.25. The Bertz CT molecular complexity index is 833. The van der Waals surface area contributed by atoms with Crippen LogP contribution in [0.1, 0.15) is 26.6 Å². The molecule has 1 aromatic heterocycles. The third-order valence-electron chi connectivity index (χ3n) is 4.54. The monoisotopic (exact) mass is 390 g/mol. The van der Waals surface area contributed by atoms with Gasteiger partial charge in [-0.15, -0.1) is 11.3 Å². The Morgan fingerprint density at radius 2 is 2.15 bits per heavy atom. The standard InChI is InChI=1S/C18H22N4O4S/c1-13-15(4-3-5-16(13)22(24)25)18(23)20(2)10-14-12-27-17(19-14)11-21-6-8-26-9-7-21/h3-5,12H,6-11H2,1-2H3. The van der Waals surface area contributed by atoms with E-state index in [4.69, 9.17) is 4.74 Å². The smallest absolute Gasteiger partial charge is 0.273 e. The number of carbonyl (C=O) groups excluding carboxylic acids is 1. The molecule has 1 aromatic carbocycles. The minimum Gasteiger partial charge on any atom is -0.379 e. The number of hydrogen-bond acceptors (Lipinski definition) is 7. The number of thiazole rings is 1. The number of nitro groups is 1. The first-order valence-electron chi connectivity index (χ1n) is 8.68. The lowest BCUT2D eigenvalue weighted by molar-refractivity contribution is -0.385. The van der Waals surface area contributed by atoms with Crippen LogP contribution in [0.5, 0.6) is 0 Å². The summed E-state index contributed by atoms with van der Waals surface area (Å²) >= 11 is 1.58. The molecule has 2 heterocycles. The maximum absolute atomic E-state index is 12.7. The fraction of sp³-hybridized carbons (Fsp3) is 0.444. The number of carbonyl (C=O) groups is 1. The first-order valence-corrected chi connectivity index (χ1v) is 9.56. The molecular formula is C18H22N4O4S. The van der Waals surface area contributed by atoms with Crippen LogP contribution in [0.15, 0.2) is 23.6 Å². The van der Waals surface area contributed by atoms with E-state index < -0.39 is 4.92 Å². The van der Waals surface area contributed by atoms with Gasteiger partial charge in [-0.1, -0.05) is 6.07 Å². The first kappa shape index (κ1) is 19.4. The highest BCUT2D eigenvalue weighted by Gasteiger charge is 2.21. The van der Waals surface area contributed by atoms with Gasteiger partial charge in [0.15, 0.2) is 0 Å². The van der Waals surface area contributed by atoms with Gasteiger partial charge in [-0.05, 0) is 13.0 Å². The van der Waals surface area contributed by atoms with Crippen LogP contribution in [0.4, 0.5) is 5.69 Å². The van der Waals surface area contributed by atoms with Crippen molar-refractivity contribution in [2.45, 2.75) is 20.0 Å². The predicted molar refractivity (Wildman–Crippen MR) is 102 cm³/mol. The first-order chi connectivity index (χ1) is 13.0. The molecule has 0 spiro atoms. The molecule has 27 heavy (non-hydrogen) atoms. The summed E-state index contributed by atoms with van der Waals surface area (Å²) in [6.45, 7) is 6.05. The van der Waals surface area contributed by atoms with Gasteiger partial charge in [0, 0.05) is 42.7 Å². The van der Waals surface area contributed by atoms with Crippen molar-refractivity contribution in [1.82, 2.24) is 14.8 Å². The molecule has 1 saturated heterocycles. The Morgan fingerprint density at radius 3 is 2.85 bits per heavy atom. The summed E-state index contributed by atoms with van der Waals surface area (Å²) in [5.74, 6) is -0.251. The van der Waals surface area contributed by atoms with Crippen LogP contribution in [0.25, 0.3) is 0 Å². The number of rotatable bonds is 6. The molecule has 3 rings (SSSR count). The molecule has 0 bridgehead atoms. The largest absolute Gasteiger partial charge is 0.379 e. The Kier molecular flexibility index (Phi) is 6.15. The maximum Gasteiger partial charge on any atom is 0.273 e. The van der Waals surface area contributed by atoms with Gasteiger partial charge < -0.3 is 9.64 Å². The number of amides is 1. The van der Waals surface area contributed by atoms with Gasteiger partial charge in [0.1, 0.15) is 5.01 Å². The lowest BCUT2D eigenvalue weighted by Crippen LogP contribution is -2.35. The minimum absolute atomic E-state index is 0.0456. The Balaban J connectivity index is 1.65. The fourth-order valence-corrected chi connectivity index (χ4v) is 3.84. The summed E-state index contributed by atoms with van der Waals surface area (Å²) in [5.41, 5.74) is 1.50. The molecule has 0 radical (unpaired) electrons. The Morgan fingerprint density at radius 1 is 1.41 bits per heavy atom. The molecule has 0 N–H and O–H groups in total. The number of hydrogen-bond donors (Lipinski definition) is 0. The van der Waals surface area contributed by atoms with Crippen molar-refractivity contribution in [3.63, 3.8) is 0 Å². The van der Waals surface area contributed by atoms with E-state index in [2.05, 4.69) is 9.88 Å². The van der Waals surface area contributed by atoms with E-state index in [0.717, 1.165) is 43.5 Å². The van der Waals surface area contributed by atoms with E-state index in [1.54, 1.807) is 36.3 Å². The van der Waals surface area contributed by atoms with Crippen LogP contribution < -0.4 is 0 Å². The molecule has 0 aliphatic carbocycles. The number of aromatic nitrogens is 1. The SMILES string of the molecule is Cc1c(C(=O)N(C)Cc2csc(CN3CCOCC3)n2)cccc1[N+](=O)[O-]. The molecule has 8 nitrogen and oxygen atoms in total. The van der Waals surface area contributed by atoms with E-state index in [-0.39, 0.29) is 11.6 Å². The summed E-state index contributed by atoms with van der Waals surface area (Å²) in [4.78, 5) is 31.8. The van der Waals surface area contributed by atoms with Crippen molar-refractivity contribution < 1.29 is 14.5 Å². The summed E-state index contributed by atoms with van der Waals surface area (Å²) in [5, 5.41) is 14.1. The summed E-state index contributed by atoms with van der Waals surface area (Å²) in [7, 11) is 1.68. The molecule has 1 amide bonds. The average molecular weight is 390 g/mol. The second kappa shape index (κ2) is 8.55. The van der Waals surface area contributed by atoms with Crippen molar-refractivity contribution in [2.24, 2.45) is 0 Å². The van der Waals surface area contributed by atoms with Gasteiger partial charge in [-0.3, -0.25) is 19.8 Å². The van der Waals surface area contributed by atoms with Crippen LogP contribution in [0, 0.1) is 17.0 Å². The van der Waals surface area contributed by atoms with Crippen LogP contribution in [-0.2, 0) is 17.8 Å². The molecule has 0 saturated carbocycles. The van der Waals surface area contributed by atoms with Gasteiger partial charge in [0.05, 0.1) is 36.9 Å². The number of benzene rings is 1. The highest BCUT2D eigenvalue weighted by atomic mass is 32.1. The summed E-state index contributed by atoms with van der Waals surface area (Å²) in [6, 6.07) is 4.56. The minimum atomic E-state index is -0.468. The lowest BCUT2D eigenvalue weighted by atomic mass is 10.1. The summed E-state index contributed by atoms with van der Waals surface area (Å²) < 4.78 is 5.35. The third kappa shape index (κ3) is 4.68. The fourth-order valence-electron chi connectivity index (χ4n) is 3.02. The van der Waals surface area contributed by atoms with Gasteiger partial charge >= 0.3 is 0 Å². The second-order valence-corrected chi connectivity index (χ2v) is 7.43. The van der Waals surface area contributed by atoms with Crippen LogP contribution in [-0.4, -0.2) is 59.0 Å². The van der Waals surface area contributed by atoms with Crippen molar-refractivity contribution >= 4 is 22.9 Å². The van der Waals surface area contributed by atoms with Gasteiger partial charge in [-0.25, -0.2) is 4.98 Å². The van der Waals surface area contributed by atoms with Crippen LogP contribution in [0.3, 0.4) is 0 Å². The highest BCUT2D eigenvalue weighted by molar-refractivity contribution is 7.09. The summed E-state index contributed by atoms with van der Waals surface area (Å²) in [6.07, 6.45) is 0. The molecular weight excluding hydrogens is 368 g/mol. The Labute approximate surface area is 161 Å². The second-order valence-electron chi connectivity index (χ2n) is 6.49. The van der Waals surface area contributed by atoms with Crippen molar-refractivity contribution in [3.8, 4) is 0 Å². The van der Waals surface area contributed by atoms with Gasteiger partial charge in [0.2, 0.25) is 0 Å². The molecule has 1 aliphatic rings. The number of nitrogens with zero attached hydrogens (tertiary/aromatic N) is 4. The maximum atomic E-state index is 12.7.